The molecular weight excluding hydrogens is 324 g/mol. The van der Waals surface area contributed by atoms with E-state index in [1.165, 1.54) is 11.3 Å². The Morgan fingerprint density at radius 1 is 1.32 bits per heavy atom. The molecule has 0 fully saturated rings. The molecule has 1 aromatic carbocycles. The molecule has 0 radical (unpaired) electrons. The number of carbonyl (C=O) groups is 1. The van der Waals surface area contributed by atoms with Crippen LogP contribution in [0.2, 0.25) is 5.02 Å². The Labute approximate surface area is 135 Å². The lowest BCUT2D eigenvalue weighted by Crippen LogP contribution is -2.22. The highest BCUT2D eigenvalue weighted by Gasteiger charge is 2.15. The van der Waals surface area contributed by atoms with Gasteiger partial charge in [-0.2, -0.15) is 4.98 Å². The number of amides is 1. The van der Waals surface area contributed by atoms with Crippen molar-refractivity contribution in [3.8, 4) is 11.6 Å². The Morgan fingerprint density at radius 3 is 2.77 bits per heavy atom. The van der Waals surface area contributed by atoms with Crippen LogP contribution in [-0.2, 0) is 6.54 Å². The minimum Gasteiger partial charge on any atom is -0.346 e. The topological polar surface area (TPSA) is 80.9 Å². The second-order valence-electron chi connectivity index (χ2n) is 4.49. The lowest BCUT2D eigenvalue weighted by Gasteiger charge is -2.03. The van der Waals surface area contributed by atoms with Crippen LogP contribution in [-0.4, -0.2) is 21.0 Å². The van der Waals surface area contributed by atoms with Crippen LogP contribution in [0.15, 0.2) is 34.2 Å². The van der Waals surface area contributed by atoms with E-state index in [-0.39, 0.29) is 5.91 Å². The maximum absolute atomic E-state index is 12.1. The highest BCUT2D eigenvalue weighted by molar-refractivity contribution is 7.12. The zero-order valence-corrected chi connectivity index (χ0v) is 13.1. The van der Waals surface area contributed by atoms with Crippen LogP contribution in [0.1, 0.15) is 21.2 Å². The Hall–Kier alpha value is -2.25. The molecule has 0 aliphatic carbocycles. The van der Waals surface area contributed by atoms with Gasteiger partial charge in [0.1, 0.15) is 5.69 Å². The Balaban J connectivity index is 1.65. The molecule has 2 heterocycles. The average molecular weight is 335 g/mol. The number of nitrogens with one attached hydrogen (secondary N) is 1. The molecule has 2 aromatic heterocycles. The van der Waals surface area contributed by atoms with Gasteiger partial charge >= 0.3 is 0 Å². The molecule has 3 aromatic rings. The SMILES string of the molecule is Cc1noc(-c2csc(C(=O)NCc3ccc(Cl)cc3)n2)n1. The molecule has 0 spiro atoms. The van der Waals surface area contributed by atoms with E-state index < -0.39 is 0 Å². The molecule has 3 rings (SSSR count). The fourth-order valence-corrected chi connectivity index (χ4v) is 2.57. The number of aromatic nitrogens is 3. The van der Waals surface area contributed by atoms with Gasteiger partial charge in [0, 0.05) is 16.9 Å². The van der Waals surface area contributed by atoms with Crippen molar-refractivity contribution in [1.29, 1.82) is 0 Å². The summed E-state index contributed by atoms with van der Waals surface area (Å²) in [5, 5.41) is 9.22. The molecule has 6 nitrogen and oxygen atoms in total. The van der Waals surface area contributed by atoms with Gasteiger partial charge in [-0.25, -0.2) is 4.98 Å². The zero-order valence-electron chi connectivity index (χ0n) is 11.5. The van der Waals surface area contributed by atoms with Gasteiger partial charge in [0.15, 0.2) is 10.8 Å². The van der Waals surface area contributed by atoms with E-state index in [1.54, 1.807) is 24.4 Å². The second kappa shape index (κ2) is 6.25. The number of benzene rings is 1. The van der Waals surface area contributed by atoms with Gasteiger partial charge in [0.25, 0.3) is 11.8 Å². The molecule has 1 amide bonds. The van der Waals surface area contributed by atoms with Crippen molar-refractivity contribution in [2.45, 2.75) is 13.5 Å². The molecule has 0 saturated carbocycles. The molecule has 1 N–H and O–H groups in total. The predicted octanol–water partition coefficient (Wildman–Crippen LogP) is 3.08. The van der Waals surface area contributed by atoms with Crippen LogP contribution in [0.3, 0.4) is 0 Å². The third kappa shape index (κ3) is 3.32. The molecule has 0 saturated heterocycles. The predicted molar refractivity (Wildman–Crippen MR) is 82.8 cm³/mol. The van der Waals surface area contributed by atoms with Crippen LogP contribution >= 0.6 is 22.9 Å². The van der Waals surface area contributed by atoms with Gasteiger partial charge in [0.2, 0.25) is 0 Å². The highest BCUT2D eigenvalue weighted by Crippen LogP contribution is 2.20. The van der Waals surface area contributed by atoms with E-state index in [0.717, 1.165) is 5.56 Å². The normalized spacial score (nSPS) is 10.6. The first kappa shape index (κ1) is 14.7. The van der Waals surface area contributed by atoms with Crippen molar-refractivity contribution in [3.63, 3.8) is 0 Å². The number of halogens is 1. The van der Waals surface area contributed by atoms with Gasteiger partial charge in [-0.15, -0.1) is 11.3 Å². The molecule has 112 valence electrons. The van der Waals surface area contributed by atoms with E-state index in [4.69, 9.17) is 16.1 Å². The average Bonchev–Trinajstić information content (AvgIpc) is 3.15. The first-order chi connectivity index (χ1) is 10.6. The summed E-state index contributed by atoms with van der Waals surface area (Å²) in [6, 6.07) is 7.28. The van der Waals surface area contributed by atoms with Gasteiger partial charge in [-0.05, 0) is 24.6 Å². The largest absolute Gasteiger partial charge is 0.346 e. The second-order valence-corrected chi connectivity index (χ2v) is 5.79. The van der Waals surface area contributed by atoms with Crippen molar-refractivity contribution in [2.24, 2.45) is 0 Å². The number of nitrogens with zero attached hydrogens (tertiary/aromatic N) is 3. The maximum Gasteiger partial charge on any atom is 0.280 e. The minimum atomic E-state index is -0.248. The molecule has 22 heavy (non-hydrogen) atoms. The third-order valence-corrected chi connectivity index (χ3v) is 3.90. The number of hydrogen-bond acceptors (Lipinski definition) is 6. The smallest absolute Gasteiger partial charge is 0.280 e. The van der Waals surface area contributed by atoms with E-state index in [0.29, 0.717) is 34.0 Å². The summed E-state index contributed by atoms with van der Waals surface area (Å²) < 4.78 is 5.02. The zero-order chi connectivity index (χ0) is 15.5. The molecule has 0 aliphatic heterocycles. The van der Waals surface area contributed by atoms with E-state index in [2.05, 4.69) is 20.4 Å². The molecule has 0 atom stereocenters. The van der Waals surface area contributed by atoms with E-state index in [1.807, 2.05) is 12.1 Å². The summed E-state index contributed by atoms with van der Waals surface area (Å²) in [5.41, 5.74) is 1.46. The summed E-state index contributed by atoms with van der Waals surface area (Å²) in [6.07, 6.45) is 0. The summed E-state index contributed by atoms with van der Waals surface area (Å²) in [6.45, 7) is 2.13. The molecule has 0 aliphatic rings. The number of hydrogen-bond donors (Lipinski definition) is 1. The lowest BCUT2D eigenvalue weighted by molar-refractivity contribution is 0.0950. The molecule has 8 heteroatoms. The third-order valence-electron chi connectivity index (χ3n) is 2.81. The van der Waals surface area contributed by atoms with Crippen molar-refractivity contribution < 1.29 is 9.32 Å². The fraction of sp³-hybridized carbons (Fsp3) is 0.143. The molecule has 0 bridgehead atoms. The highest BCUT2D eigenvalue weighted by atomic mass is 35.5. The van der Waals surface area contributed by atoms with Crippen LogP contribution in [0, 0.1) is 6.92 Å². The van der Waals surface area contributed by atoms with Crippen molar-refractivity contribution in [3.05, 3.63) is 51.1 Å². The monoisotopic (exact) mass is 334 g/mol. The number of rotatable bonds is 4. The van der Waals surface area contributed by atoms with Crippen molar-refractivity contribution in [1.82, 2.24) is 20.4 Å². The van der Waals surface area contributed by atoms with Crippen LogP contribution in [0.25, 0.3) is 11.6 Å². The fourth-order valence-electron chi connectivity index (χ4n) is 1.74. The maximum atomic E-state index is 12.1. The molecule has 0 unspecified atom stereocenters. The van der Waals surface area contributed by atoms with Crippen molar-refractivity contribution in [2.75, 3.05) is 0 Å². The lowest BCUT2D eigenvalue weighted by atomic mass is 10.2. The molecular formula is C14H11ClN4O2S. The first-order valence-corrected chi connectivity index (χ1v) is 7.66. The first-order valence-electron chi connectivity index (χ1n) is 6.40. The van der Waals surface area contributed by atoms with Gasteiger partial charge < -0.3 is 9.84 Å². The van der Waals surface area contributed by atoms with Crippen LogP contribution in [0.5, 0.6) is 0 Å². The Bertz CT molecular complexity index is 797. The van der Waals surface area contributed by atoms with Crippen LogP contribution < -0.4 is 5.32 Å². The minimum absolute atomic E-state index is 0.248. The summed E-state index contributed by atoms with van der Waals surface area (Å²) in [4.78, 5) is 20.4. The van der Waals surface area contributed by atoms with Gasteiger partial charge in [-0.3, -0.25) is 4.79 Å². The summed E-state index contributed by atoms with van der Waals surface area (Å²) >= 11 is 7.04. The summed E-state index contributed by atoms with van der Waals surface area (Å²) in [7, 11) is 0. The van der Waals surface area contributed by atoms with Crippen molar-refractivity contribution >= 4 is 28.8 Å². The Morgan fingerprint density at radius 2 is 2.09 bits per heavy atom. The standard InChI is InChI=1S/C14H11ClN4O2S/c1-8-17-13(21-19-8)11-7-22-14(18-11)12(20)16-6-9-2-4-10(15)5-3-9/h2-5,7H,6H2,1H3,(H,16,20). The van der Waals surface area contributed by atoms with Crippen LogP contribution in [0.4, 0.5) is 0 Å². The Kier molecular flexibility index (Phi) is 4.17. The summed E-state index contributed by atoms with van der Waals surface area (Å²) in [5.74, 6) is 0.588. The van der Waals surface area contributed by atoms with E-state index in [9.17, 15) is 4.79 Å². The van der Waals surface area contributed by atoms with Gasteiger partial charge in [0.05, 0.1) is 0 Å². The number of aryl methyl sites for hydroxylation is 1. The quantitative estimate of drug-likeness (QED) is 0.793. The number of thiazole rings is 1. The number of carbonyl (C=O) groups excluding carboxylic acids is 1. The van der Waals surface area contributed by atoms with E-state index >= 15 is 0 Å². The van der Waals surface area contributed by atoms with Gasteiger partial charge in [-0.1, -0.05) is 28.9 Å².